The number of hydrogen-bond donors (Lipinski definition) is 34. The molecule has 11 aliphatic heterocycles. The van der Waals surface area contributed by atoms with Gasteiger partial charge in [0.05, 0.1) is 72.2 Å². The number of carbonyl (C=O) groups excluding carboxylic acids is 5. The largest absolute Gasteiger partial charge is 0.394 e. The molecule has 55 atom stereocenters. The van der Waals surface area contributed by atoms with Crippen LogP contribution in [0, 0.1) is 0 Å². The molecule has 0 spiro atoms. The molecule has 0 aliphatic carbocycles. The van der Waals surface area contributed by atoms with Gasteiger partial charge in [-0.1, -0.05) is 0 Å². The number of hydrogen-bond acceptors (Lipinski definition) is 55. The Morgan fingerprint density at radius 1 is 0.206 bits per heavy atom. The van der Waals surface area contributed by atoms with Gasteiger partial charge in [-0.05, 0) is 6.92 Å². The van der Waals surface area contributed by atoms with E-state index in [1.54, 1.807) is 0 Å². The summed E-state index contributed by atoms with van der Waals surface area (Å²) in [5, 5.41) is 336. The summed E-state index contributed by atoms with van der Waals surface area (Å²) in [4.78, 5) is 64.6. The Bertz CT molecular complexity index is 3760. The van der Waals surface area contributed by atoms with Crippen LogP contribution in [-0.4, -0.2) is 581 Å². The van der Waals surface area contributed by atoms with Gasteiger partial charge in [-0.2, -0.15) is 0 Å². The molecule has 11 saturated heterocycles. The van der Waals surface area contributed by atoms with Gasteiger partial charge in [0, 0.05) is 34.6 Å². The topological polar surface area (TPSA) is 926 Å². The lowest BCUT2D eigenvalue weighted by atomic mass is 9.93. The summed E-state index contributed by atoms with van der Waals surface area (Å²) in [5.74, 6) is -4.67. The third-order valence-electron chi connectivity index (χ3n) is 24.9. The molecule has 0 bridgehead atoms. The number of carbonyl (C=O) groups is 5. The van der Waals surface area contributed by atoms with Gasteiger partial charge in [0.25, 0.3) is 0 Å². The zero-order valence-corrected chi connectivity index (χ0v) is 73.4. The van der Waals surface area contributed by atoms with Gasteiger partial charge >= 0.3 is 0 Å². The molecule has 60 heteroatoms. The number of ether oxygens (including phenoxy) is 21. The Balaban J connectivity index is 0.764. The van der Waals surface area contributed by atoms with E-state index in [2.05, 4.69) is 26.6 Å². The van der Waals surface area contributed by atoms with Crippen molar-refractivity contribution in [3.63, 3.8) is 0 Å². The molecule has 11 aliphatic rings. The van der Waals surface area contributed by atoms with E-state index < -0.39 is 433 Å². The van der Waals surface area contributed by atoms with Gasteiger partial charge in [0.2, 0.25) is 29.5 Å². The minimum absolute atomic E-state index is 0.883. The van der Waals surface area contributed by atoms with E-state index >= 15 is 0 Å². The van der Waals surface area contributed by atoms with E-state index in [1.165, 1.54) is 6.92 Å². The Hall–Kier alpha value is -4.65. The molecule has 0 radical (unpaired) electrons. The summed E-state index contributed by atoms with van der Waals surface area (Å²) < 4.78 is 123. The van der Waals surface area contributed by atoms with Crippen molar-refractivity contribution in [2.24, 2.45) is 0 Å². The molecule has 34 N–H and O–H groups in total. The highest BCUT2D eigenvalue weighted by Crippen LogP contribution is 2.42. The fraction of sp³-hybridized carbons (Fsp3) is 0.934. The SMILES string of the molecule is CC(=O)N[C@@H]1[C@@H](O[C@@H]2O[C@H](CO)[C@H](O)[C@H](O[C@@H]3O[C@H](CO)[C@@H](O[C@@H]4O[C@H](CO)[C@H](O)[C@H](O[C@@H]5O[C@H](CO)[C@@H](O[C@@H]6O[C@H](CO)[C@H](O)[C@H](O[C@@H]7O[C@H](CO)[C@@H](O[C@@H]8O[C@H](CO)[C@H](O)[C@H](O)[C@H]8O)[C@H](O)[C@H]7NC(C)=O)[C@H]6O)[C@H](O)[C@H]5NC(C)=O)[C@H]4O)[C@H](O)[C@H]3NC(C)=O)[C@H]2O)[C@@H](O)[C@@H](CO[C@@H]2O[C@H](CO)[C@@H](O[C@@H]3O[C@H](CO)[C@H](O)[C@H](O)[C@H]3O[C@@H]3O[C@@H](C)[C@@H](O)[C@@H](O)[C@@H]3O)[C@H](O)[C@H]2NC(C)=O)O[C@@H]1O. The van der Waals surface area contributed by atoms with E-state index in [9.17, 15) is 172 Å². The summed E-state index contributed by atoms with van der Waals surface area (Å²) in [6.45, 7) is -4.90. The highest BCUT2D eigenvalue weighted by atomic mass is 16.8. The lowest BCUT2D eigenvalue weighted by Gasteiger charge is -2.51. The van der Waals surface area contributed by atoms with Gasteiger partial charge in [0.15, 0.2) is 69.2 Å². The van der Waals surface area contributed by atoms with Crippen LogP contribution in [0.2, 0.25) is 0 Å². The summed E-state index contributed by atoms with van der Waals surface area (Å²) >= 11 is 0. The van der Waals surface area contributed by atoms with Crippen LogP contribution in [0.4, 0.5) is 0 Å². The van der Waals surface area contributed by atoms with Crippen LogP contribution in [0.5, 0.6) is 0 Å². The monoisotopic (exact) mass is 1990 g/mol. The van der Waals surface area contributed by atoms with Crippen molar-refractivity contribution in [3.8, 4) is 0 Å². The molecule has 0 aromatic carbocycles. The fourth-order valence-electron chi connectivity index (χ4n) is 17.8. The van der Waals surface area contributed by atoms with Gasteiger partial charge < -0.3 is 274 Å². The molecule has 786 valence electrons. The van der Waals surface area contributed by atoms with Crippen LogP contribution in [-0.2, 0) is 123 Å². The molecule has 60 nitrogen and oxygen atoms in total. The summed E-state index contributed by atoms with van der Waals surface area (Å²) in [7, 11) is 0. The van der Waals surface area contributed by atoms with Gasteiger partial charge in [-0.3, -0.25) is 24.0 Å². The van der Waals surface area contributed by atoms with E-state index in [4.69, 9.17) is 99.5 Å². The Labute approximate surface area is 770 Å². The maximum Gasteiger partial charge on any atom is 0.217 e. The Morgan fingerprint density at radius 2 is 0.441 bits per heavy atom. The van der Waals surface area contributed by atoms with E-state index in [0.717, 1.165) is 34.6 Å². The van der Waals surface area contributed by atoms with Crippen molar-refractivity contribution in [2.75, 3.05) is 66.1 Å². The van der Waals surface area contributed by atoms with Crippen molar-refractivity contribution >= 4 is 29.5 Å². The molecule has 11 fully saturated rings. The predicted octanol–water partition coefficient (Wildman–Crippen LogP) is -23.2. The van der Waals surface area contributed by atoms with Crippen LogP contribution < -0.4 is 26.6 Å². The molecule has 0 aromatic rings. The zero-order chi connectivity index (χ0) is 100. The number of aliphatic hydroxyl groups is 29. The Morgan fingerprint density at radius 3 is 0.772 bits per heavy atom. The second-order valence-electron chi connectivity index (χ2n) is 34.5. The van der Waals surface area contributed by atoms with Gasteiger partial charge in [-0.15, -0.1) is 0 Å². The minimum atomic E-state index is -2.42. The van der Waals surface area contributed by atoms with Crippen LogP contribution in [0.15, 0.2) is 0 Å². The van der Waals surface area contributed by atoms with E-state index in [1.807, 2.05) is 0 Å². The van der Waals surface area contributed by atoms with Crippen LogP contribution in [0.25, 0.3) is 0 Å². The molecular weight excluding hydrogens is 1860 g/mol. The zero-order valence-electron chi connectivity index (χ0n) is 73.4. The van der Waals surface area contributed by atoms with E-state index in [0.29, 0.717) is 0 Å². The molecule has 11 heterocycles. The lowest BCUT2D eigenvalue weighted by Crippen LogP contribution is -2.71. The van der Waals surface area contributed by atoms with Crippen molar-refractivity contribution in [1.29, 1.82) is 0 Å². The van der Waals surface area contributed by atoms with Crippen LogP contribution in [0.1, 0.15) is 41.5 Å². The average molecular weight is 1990 g/mol. The normalized spacial score (nSPS) is 49.2. The third-order valence-corrected chi connectivity index (χ3v) is 24.9. The van der Waals surface area contributed by atoms with Crippen molar-refractivity contribution < 1.29 is 272 Å². The maximum atomic E-state index is 13.1. The quantitative estimate of drug-likeness (QED) is 0.0280. The third kappa shape index (κ3) is 24.6. The minimum Gasteiger partial charge on any atom is -0.394 e. The van der Waals surface area contributed by atoms with Gasteiger partial charge in [0.1, 0.15) is 262 Å². The molecule has 11 rings (SSSR count). The second-order valence-corrected chi connectivity index (χ2v) is 34.5. The van der Waals surface area contributed by atoms with Crippen molar-refractivity contribution in [2.45, 2.75) is 379 Å². The number of amides is 5. The standard InChI is InChI=1S/C76H127N5O55/c1-17-38(96)49(107)52(110)71(117-17)136-65-51(109)40(98)24(8-83)123-76(65)131-60-28(12-87)124-67(33(45(60)103)77-18(2)91)116-16-32-44(102)61(37(66(115)118-32)81-22(6)95)132-75-56(114)64(43(101)27(11-86)122-75)135-70-36(80-21(5)94)48(106)59(31(15-90)127-70)130-74-55(113)63(42(100)26(10-85)121-74)134-69-35(79-20(4)93)47(105)58(30(14-89)126-69)129-73-54(112)62(41(99)25(9-84)120-73)133-68-34(78-19(3)92)46(104)57(29(13-88)125-68)128-72-53(111)50(108)39(97)23(7-82)119-72/h17,23-76,82-90,96-115H,7-16H2,1-6H3,(H,77,91)(H,78,92)(H,79,93)(H,80,94)(H,81,95)/t17-,23+,24+,25+,26+,27+,28+,29+,30+,31+,32+,33+,34+,35+,36+,37+,38+,39-,40-,41-,42-,43-,44-,45+,46+,47+,48+,49+,50-,51-,52-,53+,54+,55+,56+,57+,58+,59+,60+,61+,62-,63-,64-,65+,66-,67+,68-,69-,70-,71-,72-,73-,74-,75-,76-/m0/s1. The summed E-state index contributed by atoms with van der Waals surface area (Å²) in [5.41, 5.74) is 0. The maximum absolute atomic E-state index is 13.1. The highest BCUT2D eigenvalue weighted by molar-refractivity contribution is 5.75. The molecule has 0 aromatic heterocycles. The molecule has 5 amide bonds. The number of rotatable bonds is 35. The van der Waals surface area contributed by atoms with Gasteiger partial charge in [-0.25, -0.2) is 0 Å². The first-order valence-electron chi connectivity index (χ1n) is 43.5. The van der Waals surface area contributed by atoms with E-state index in [-0.39, 0.29) is 0 Å². The molecule has 0 saturated carbocycles. The van der Waals surface area contributed by atoms with Crippen LogP contribution >= 0.6 is 0 Å². The first-order valence-corrected chi connectivity index (χ1v) is 43.5. The van der Waals surface area contributed by atoms with Crippen LogP contribution in [0.3, 0.4) is 0 Å². The molecular formula is C76H127N5O55. The lowest BCUT2D eigenvalue weighted by molar-refractivity contribution is -0.389. The average Bonchev–Trinajstić information content (AvgIpc) is 0.769. The number of nitrogens with one attached hydrogen (secondary N) is 5. The first kappa shape index (κ1) is 112. The first-order chi connectivity index (χ1) is 64.3. The van der Waals surface area contributed by atoms with Crippen molar-refractivity contribution in [3.05, 3.63) is 0 Å². The number of aliphatic hydroxyl groups excluding tert-OH is 29. The van der Waals surface area contributed by atoms with Crippen molar-refractivity contribution in [1.82, 2.24) is 26.6 Å². The summed E-state index contributed by atoms with van der Waals surface area (Å²) in [6.07, 6.45) is -101. The molecule has 136 heavy (non-hydrogen) atoms. The Kier molecular flexibility index (Phi) is 40.1. The fourth-order valence-corrected chi connectivity index (χ4v) is 17.8. The molecule has 0 unspecified atom stereocenters. The second kappa shape index (κ2) is 48.8. The predicted molar refractivity (Wildman–Crippen MR) is 419 cm³/mol. The highest BCUT2D eigenvalue weighted by Gasteiger charge is 2.63. The smallest absolute Gasteiger partial charge is 0.217 e. The summed E-state index contributed by atoms with van der Waals surface area (Å²) in [6, 6.07) is -9.50.